The lowest BCUT2D eigenvalue weighted by Crippen LogP contribution is -2.05. The van der Waals surface area contributed by atoms with E-state index in [4.69, 9.17) is 15.2 Å². The molecule has 0 saturated heterocycles. The van der Waals surface area contributed by atoms with Crippen LogP contribution in [0.25, 0.3) is 0 Å². The van der Waals surface area contributed by atoms with Crippen molar-refractivity contribution < 1.29 is 9.47 Å². The minimum atomic E-state index is 0.448. The van der Waals surface area contributed by atoms with E-state index in [1.807, 2.05) is 18.2 Å². The lowest BCUT2D eigenvalue weighted by molar-refractivity contribution is 0.399. The first-order valence-electron chi connectivity index (χ1n) is 5.04. The largest absolute Gasteiger partial charge is 0.497 e. The summed E-state index contributed by atoms with van der Waals surface area (Å²) in [7, 11) is 3.28. The summed E-state index contributed by atoms with van der Waals surface area (Å²) in [5.41, 5.74) is 10.4. The Morgan fingerprint density at radius 1 is 1.38 bits per heavy atom. The van der Waals surface area contributed by atoms with Crippen LogP contribution in [0.5, 0.6) is 11.5 Å². The van der Waals surface area contributed by atoms with Crippen LogP contribution in [0.2, 0.25) is 0 Å². The molecule has 0 unspecified atom stereocenters. The Morgan fingerprint density at radius 2 is 2.12 bits per heavy atom. The first-order chi connectivity index (χ1) is 7.74. The van der Waals surface area contributed by atoms with Crippen LogP contribution in [0.15, 0.2) is 36.1 Å². The Morgan fingerprint density at radius 3 is 2.62 bits per heavy atom. The van der Waals surface area contributed by atoms with Crippen molar-refractivity contribution >= 4 is 0 Å². The molecule has 0 bridgehead atoms. The van der Waals surface area contributed by atoms with Crippen LogP contribution in [0.4, 0.5) is 0 Å². The molecule has 0 saturated carbocycles. The standard InChI is InChI=1S/C13H17NO2/c1-4-10(9-14)7-11-8-12(15-2)5-6-13(11)16-3/h5-6,8H,1,7,9,14H2,2-3H3. The van der Waals surface area contributed by atoms with Crippen LogP contribution in [0, 0.1) is 0 Å². The highest BCUT2D eigenvalue weighted by molar-refractivity contribution is 5.42. The van der Waals surface area contributed by atoms with Gasteiger partial charge in [0.25, 0.3) is 0 Å². The summed E-state index contributed by atoms with van der Waals surface area (Å²) < 4.78 is 10.4. The van der Waals surface area contributed by atoms with Gasteiger partial charge in [0.1, 0.15) is 11.5 Å². The molecule has 0 amide bonds. The van der Waals surface area contributed by atoms with E-state index in [0.29, 0.717) is 13.0 Å². The van der Waals surface area contributed by atoms with Crippen LogP contribution in [0.1, 0.15) is 5.56 Å². The van der Waals surface area contributed by atoms with Crippen molar-refractivity contribution in [2.45, 2.75) is 6.42 Å². The van der Waals surface area contributed by atoms with Crippen LogP contribution in [-0.2, 0) is 6.42 Å². The number of nitrogens with two attached hydrogens (primary N) is 1. The molecule has 2 N–H and O–H groups in total. The maximum Gasteiger partial charge on any atom is 0.122 e. The molecule has 0 aromatic heterocycles. The predicted molar refractivity (Wildman–Crippen MR) is 65.0 cm³/mol. The number of ether oxygens (including phenoxy) is 2. The van der Waals surface area contributed by atoms with Gasteiger partial charge in [-0.05, 0) is 23.8 Å². The Labute approximate surface area is 96.2 Å². The Bertz CT molecular complexity index is 406. The van der Waals surface area contributed by atoms with Crippen molar-refractivity contribution in [3.05, 3.63) is 41.6 Å². The molecule has 1 rings (SSSR count). The molecule has 86 valence electrons. The molecule has 1 aromatic rings. The second kappa shape index (κ2) is 6.01. The van der Waals surface area contributed by atoms with Crippen LogP contribution >= 0.6 is 0 Å². The van der Waals surface area contributed by atoms with Crippen molar-refractivity contribution in [2.75, 3.05) is 20.8 Å². The lowest BCUT2D eigenvalue weighted by Gasteiger charge is -2.10. The first kappa shape index (κ1) is 12.4. The van der Waals surface area contributed by atoms with E-state index in [1.54, 1.807) is 14.2 Å². The second-order valence-corrected chi connectivity index (χ2v) is 3.34. The van der Waals surface area contributed by atoms with Gasteiger partial charge in [-0.15, -0.1) is 5.73 Å². The highest BCUT2D eigenvalue weighted by Crippen LogP contribution is 2.25. The van der Waals surface area contributed by atoms with E-state index in [9.17, 15) is 0 Å². The van der Waals surface area contributed by atoms with E-state index >= 15 is 0 Å². The van der Waals surface area contributed by atoms with Gasteiger partial charge in [-0.3, -0.25) is 0 Å². The molecular weight excluding hydrogens is 202 g/mol. The molecule has 0 heterocycles. The normalized spacial score (nSPS) is 9.44. The van der Waals surface area contributed by atoms with Crippen LogP contribution < -0.4 is 15.2 Å². The molecule has 0 radical (unpaired) electrons. The summed E-state index contributed by atoms with van der Waals surface area (Å²) in [4.78, 5) is 0. The zero-order chi connectivity index (χ0) is 12.0. The van der Waals surface area contributed by atoms with Crippen molar-refractivity contribution in [3.63, 3.8) is 0 Å². The highest BCUT2D eigenvalue weighted by atomic mass is 16.5. The third-order valence-corrected chi connectivity index (χ3v) is 2.39. The number of benzene rings is 1. The Balaban J connectivity index is 3.04. The fraction of sp³-hybridized carbons (Fsp3) is 0.308. The molecule has 0 aliphatic carbocycles. The Hall–Kier alpha value is -1.70. The topological polar surface area (TPSA) is 44.5 Å². The monoisotopic (exact) mass is 219 g/mol. The van der Waals surface area contributed by atoms with Gasteiger partial charge in [0.05, 0.1) is 14.2 Å². The highest BCUT2D eigenvalue weighted by Gasteiger charge is 2.06. The molecule has 16 heavy (non-hydrogen) atoms. The lowest BCUT2D eigenvalue weighted by atomic mass is 10.0. The van der Waals surface area contributed by atoms with Gasteiger partial charge in [0.15, 0.2) is 0 Å². The summed E-state index contributed by atoms with van der Waals surface area (Å²) in [5, 5.41) is 0. The zero-order valence-corrected chi connectivity index (χ0v) is 9.75. The minimum absolute atomic E-state index is 0.448. The van der Waals surface area contributed by atoms with Crippen molar-refractivity contribution in [3.8, 4) is 11.5 Å². The Kier molecular flexibility index (Phi) is 4.65. The van der Waals surface area contributed by atoms with Gasteiger partial charge in [0.2, 0.25) is 0 Å². The average Bonchev–Trinajstić information content (AvgIpc) is 2.35. The van der Waals surface area contributed by atoms with Crippen molar-refractivity contribution in [1.82, 2.24) is 0 Å². The number of methoxy groups -OCH3 is 2. The summed E-state index contributed by atoms with van der Waals surface area (Å²) in [6, 6.07) is 5.68. The average molecular weight is 219 g/mol. The molecular formula is C13H17NO2. The summed E-state index contributed by atoms with van der Waals surface area (Å²) >= 11 is 0. The van der Waals surface area contributed by atoms with E-state index in [2.05, 4.69) is 12.3 Å². The number of hydrogen-bond acceptors (Lipinski definition) is 3. The molecule has 3 nitrogen and oxygen atoms in total. The van der Waals surface area contributed by atoms with Gasteiger partial charge >= 0.3 is 0 Å². The van der Waals surface area contributed by atoms with Gasteiger partial charge in [0, 0.05) is 18.5 Å². The molecule has 1 aromatic carbocycles. The summed E-state index contributed by atoms with van der Waals surface area (Å²) in [6.45, 7) is 4.06. The van der Waals surface area contributed by atoms with Gasteiger partial charge in [-0.1, -0.05) is 6.58 Å². The second-order valence-electron chi connectivity index (χ2n) is 3.34. The van der Waals surface area contributed by atoms with Crippen LogP contribution in [-0.4, -0.2) is 20.8 Å². The molecule has 0 aliphatic rings. The van der Waals surface area contributed by atoms with E-state index in [-0.39, 0.29) is 0 Å². The number of rotatable bonds is 5. The van der Waals surface area contributed by atoms with E-state index in [1.165, 1.54) is 0 Å². The minimum Gasteiger partial charge on any atom is -0.497 e. The quantitative estimate of drug-likeness (QED) is 0.769. The third kappa shape index (κ3) is 2.89. The molecule has 0 spiro atoms. The summed E-state index contributed by atoms with van der Waals surface area (Å²) in [6.07, 6.45) is 0.681. The van der Waals surface area contributed by atoms with Gasteiger partial charge < -0.3 is 15.2 Å². The zero-order valence-electron chi connectivity index (χ0n) is 9.75. The van der Waals surface area contributed by atoms with Crippen molar-refractivity contribution in [1.29, 1.82) is 0 Å². The SMILES string of the molecule is C=C=C(CN)Cc1cc(OC)ccc1OC. The predicted octanol–water partition coefficient (Wildman–Crippen LogP) is 1.92. The van der Waals surface area contributed by atoms with Crippen molar-refractivity contribution in [2.24, 2.45) is 5.73 Å². The number of hydrogen-bond donors (Lipinski definition) is 1. The maximum atomic E-state index is 5.58. The fourth-order valence-corrected chi connectivity index (χ4v) is 1.46. The maximum absolute atomic E-state index is 5.58. The smallest absolute Gasteiger partial charge is 0.122 e. The summed E-state index contributed by atoms with van der Waals surface area (Å²) in [5.74, 6) is 1.62. The van der Waals surface area contributed by atoms with E-state index < -0.39 is 0 Å². The fourth-order valence-electron chi connectivity index (χ4n) is 1.46. The molecule has 0 aliphatic heterocycles. The van der Waals surface area contributed by atoms with E-state index in [0.717, 1.165) is 22.6 Å². The third-order valence-electron chi connectivity index (χ3n) is 2.39. The molecule has 0 fully saturated rings. The molecule has 3 heteroatoms. The molecule has 0 atom stereocenters. The van der Waals surface area contributed by atoms with Gasteiger partial charge in [-0.25, -0.2) is 0 Å². The van der Waals surface area contributed by atoms with Gasteiger partial charge in [-0.2, -0.15) is 0 Å². The van der Waals surface area contributed by atoms with Crippen LogP contribution in [0.3, 0.4) is 0 Å². The first-order valence-corrected chi connectivity index (χ1v) is 5.04.